The maximum Gasteiger partial charge on any atom is 0.251 e. The van der Waals surface area contributed by atoms with E-state index in [9.17, 15) is 9.59 Å². The van der Waals surface area contributed by atoms with Crippen LogP contribution in [-0.4, -0.2) is 21.9 Å². The summed E-state index contributed by atoms with van der Waals surface area (Å²) in [6, 6.07) is 12.0. The number of nitrogens with zero attached hydrogens (tertiary/aromatic N) is 2. The molecule has 6 heteroatoms. The predicted molar refractivity (Wildman–Crippen MR) is 96.6 cm³/mol. The fourth-order valence-electron chi connectivity index (χ4n) is 2.70. The third-order valence-corrected chi connectivity index (χ3v) is 4.98. The number of para-hydroxylation sites is 1. The van der Waals surface area contributed by atoms with E-state index in [1.807, 2.05) is 24.3 Å². The average molecular weight is 341 g/mol. The van der Waals surface area contributed by atoms with E-state index >= 15 is 0 Å². The van der Waals surface area contributed by atoms with Crippen LogP contribution in [0.2, 0.25) is 0 Å². The molecule has 0 spiro atoms. The van der Waals surface area contributed by atoms with Crippen LogP contribution >= 0.6 is 11.3 Å². The third kappa shape index (κ3) is 3.44. The van der Waals surface area contributed by atoms with Gasteiger partial charge in [0.25, 0.3) is 5.56 Å². The monoisotopic (exact) mass is 341 g/mol. The lowest BCUT2D eigenvalue weighted by Gasteiger charge is -2.17. The van der Waals surface area contributed by atoms with Gasteiger partial charge in [-0.3, -0.25) is 9.59 Å². The number of ketones is 1. The van der Waals surface area contributed by atoms with Crippen molar-refractivity contribution in [3.05, 3.63) is 64.0 Å². The van der Waals surface area contributed by atoms with Gasteiger partial charge in [-0.15, -0.1) is 11.3 Å². The molecule has 3 aromatic rings. The van der Waals surface area contributed by atoms with Crippen molar-refractivity contribution in [3.63, 3.8) is 0 Å². The van der Waals surface area contributed by atoms with E-state index in [1.165, 1.54) is 22.0 Å². The molecule has 0 saturated heterocycles. The summed E-state index contributed by atoms with van der Waals surface area (Å²) in [5, 5.41) is 0.449. The summed E-state index contributed by atoms with van der Waals surface area (Å²) < 4.78 is 2.48. The molecule has 0 fully saturated rings. The van der Waals surface area contributed by atoms with E-state index in [0.29, 0.717) is 18.0 Å². The van der Waals surface area contributed by atoms with Gasteiger partial charge in [-0.25, -0.2) is 4.98 Å². The van der Waals surface area contributed by atoms with E-state index < -0.39 is 6.04 Å². The smallest absolute Gasteiger partial charge is 0.251 e. The molecule has 5 nitrogen and oxygen atoms in total. The second-order valence-electron chi connectivity index (χ2n) is 5.60. The Kier molecular flexibility index (Phi) is 5.17. The summed E-state index contributed by atoms with van der Waals surface area (Å²) in [5.41, 5.74) is 6.19. The molecule has 0 unspecified atom stereocenters. The Hall–Kier alpha value is -2.31. The fourth-order valence-corrected chi connectivity index (χ4v) is 3.65. The van der Waals surface area contributed by atoms with Crippen LogP contribution in [0.3, 0.4) is 0 Å². The molecular weight excluding hydrogens is 322 g/mol. The van der Waals surface area contributed by atoms with Crippen LogP contribution in [0.15, 0.2) is 53.5 Å². The molecule has 0 amide bonds. The zero-order chi connectivity index (χ0) is 16.9. The molecule has 2 aromatic heterocycles. The Morgan fingerprint density at radius 3 is 2.71 bits per heavy atom. The van der Waals surface area contributed by atoms with Crippen LogP contribution in [0.1, 0.15) is 35.1 Å². The van der Waals surface area contributed by atoms with Gasteiger partial charge in [-0.2, -0.15) is 0 Å². The van der Waals surface area contributed by atoms with E-state index in [2.05, 4.69) is 4.98 Å². The quantitative estimate of drug-likeness (QED) is 0.529. The topological polar surface area (TPSA) is 78.0 Å². The number of rotatable bonds is 7. The molecule has 0 saturated carbocycles. The molecule has 3 rings (SSSR count). The lowest BCUT2D eigenvalue weighted by Crippen LogP contribution is -2.29. The molecule has 0 aliphatic carbocycles. The molecule has 0 aliphatic heterocycles. The molecular formula is C18H19N3O2S. The number of benzene rings is 1. The van der Waals surface area contributed by atoms with Crippen molar-refractivity contribution in [2.24, 2.45) is 5.73 Å². The number of nitrogens with two attached hydrogens (primary N) is 1. The minimum Gasteiger partial charge on any atom is -0.330 e. The number of unbranched alkanes of at least 4 members (excludes halogenated alkanes) is 1. The zero-order valence-corrected chi connectivity index (χ0v) is 14.0. The van der Waals surface area contributed by atoms with Gasteiger partial charge in [0.15, 0.2) is 5.01 Å². The van der Waals surface area contributed by atoms with Crippen LogP contribution in [0, 0.1) is 0 Å². The standard InChI is InChI=1S/C18H19N3O2S/c19-11-5-3-8-14(21-12-6-4-10-16(21)22)17(23)18-20-13-7-1-2-9-15(13)24-18/h1-2,4,6-7,9-10,12,14H,3,5,8,11,19H2/t14-/m0/s1. The molecule has 0 radical (unpaired) electrons. The van der Waals surface area contributed by atoms with Crippen LogP contribution in [0.5, 0.6) is 0 Å². The number of hydrogen-bond acceptors (Lipinski definition) is 5. The Balaban J connectivity index is 1.96. The van der Waals surface area contributed by atoms with Gasteiger partial charge in [0.1, 0.15) is 6.04 Å². The molecule has 124 valence electrons. The first kappa shape index (κ1) is 16.5. The number of aromatic nitrogens is 2. The first-order valence-electron chi connectivity index (χ1n) is 7.97. The van der Waals surface area contributed by atoms with Gasteiger partial charge < -0.3 is 10.3 Å². The van der Waals surface area contributed by atoms with Crippen LogP contribution in [0.4, 0.5) is 0 Å². The molecule has 1 atom stereocenters. The number of carbonyl (C=O) groups excluding carboxylic acids is 1. The molecule has 0 aliphatic rings. The predicted octanol–water partition coefficient (Wildman–Crippen LogP) is 3.01. The van der Waals surface area contributed by atoms with Crippen molar-refractivity contribution < 1.29 is 4.79 Å². The zero-order valence-electron chi connectivity index (χ0n) is 13.2. The van der Waals surface area contributed by atoms with Crippen molar-refractivity contribution in [2.45, 2.75) is 25.3 Å². The number of carbonyl (C=O) groups is 1. The second-order valence-corrected chi connectivity index (χ2v) is 6.63. The van der Waals surface area contributed by atoms with Crippen LogP contribution in [0.25, 0.3) is 10.2 Å². The normalized spacial score (nSPS) is 12.4. The molecule has 2 N–H and O–H groups in total. The third-order valence-electron chi connectivity index (χ3n) is 3.93. The van der Waals surface area contributed by atoms with Crippen molar-refractivity contribution in [1.29, 1.82) is 0 Å². The Labute approximate surface area is 143 Å². The summed E-state index contributed by atoms with van der Waals surface area (Å²) in [6.07, 6.45) is 3.86. The van der Waals surface area contributed by atoms with E-state index in [1.54, 1.807) is 18.3 Å². The highest BCUT2D eigenvalue weighted by Gasteiger charge is 2.25. The van der Waals surface area contributed by atoms with Crippen molar-refractivity contribution in [1.82, 2.24) is 9.55 Å². The molecule has 2 heterocycles. The van der Waals surface area contributed by atoms with Gasteiger partial charge in [-0.1, -0.05) is 18.2 Å². The highest BCUT2D eigenvalue weighted by atomic mass is 32.1. The minimum atomic E-state index is -0.536. The van der Waals surface area contributed by atoms with Crippen molar-refractivity contribution >= 4 is 27.3 Å². The van der Waals surface area contributed by atoms with Crippen molar-refractivity contribution in [3.8, 4) is 0 Å². The number of Topliss-reactive ketones (excluding diaryl/α,β-unsaturated/α-hetero) is 1. The largest absolute Gasteiger partial charge is 0.330 e. The maximum atomic E-state index is 13.0. The van der Waals surface area contributed by atoms with Crippen molar-refractivity contribution in [2.75, 3.05) is 6.54 Å². The highest BCUT2D eigenvalue weighted by Crippen LogP contribution is 2.26. The summed E-state index contributed by atoms with van der Waals surface area (Å²) in [5.74, 6) is -0.110. The van der Waals surface area contributed by atoms with Gasteiger partial charge in [0.05, 0.1) is 10.2 Å². The van der Waals surface area contributed by atoms with E-state index in [4.69, 9.17) is 5.73 Å². The summed E-state index contributed by atoms with van der Waals surface area (Å²) in [4.78, 5) is 29.6. The molecule has 0 bridgehead atoms. The first-order valence-corrected chi connectivity index (χ1v) is 8.79. The molecule has 24 heavy (non-hydrogen) atoms. The number of thiazole rings is 1. The highest BCUT2D eigenvalue weighted by molar-refractivity contribution is 7.20. The SMILES string of the molecule is NCCCC[C@@H](C(=O)c1nc2ccccc2s1)n1ccccc1=O. The van der Waals surface area contributed by atoms with Gasteiger partial charge in [0, 0.05) is 12.3 Å². The van der Waals surface area contributed by atoms with Gasteiger partial charge >= 0.3 is 0 Å². The van der Waals surface area contributed by atoms with E-state index in [0.717, 1.165) is 23.1 Å². The minimum absolute atomic E-state index is 0.110. The Bertz CT molecular complexity index is 867. The van der Waals surface area contributed by atoms with Gasteiger partial charge in [-0.05, 0) is 44.0 Å². The van der Waals surface area contributed by atoms with E-state index in [-0.39, 0.29) is 11.3 Å². The maximum absolute atomic E-state index is 13.0. The lowest BCUT2D eigenvalue weighted by molar-refractivity contribution is 0.0914. The fraction of sp³-hybridized carbons (Fsp3) is 0.278. The van der Waals surface area contributed by atoms with Crippen LogP contribution in [-0.2, 0) is 0 Å². The number of fused-ring (bicyclic) bond motifs is 1. The summed E-state index contributed by atoms with van der Waals surface area (Å²) in [7, 11) is 0. The molecule has 1 aromatic carbocycles. The Morgan fingerprint density at radius 1 is 1.17 bits per heavy atom. The van der Waals surface area contributed by atoms with Gasteiger partial charge in [0.2, 0.25) is 5.78 Å². The Morgan fingerprint density at radius 2 is 1.96 bits per heavy atom. The number of pyridine rings is 1. The first-order chi connectivity index (χ1) is 11.7. The average Bonchev–Trinajstić information content (AvgIpc) is 3.03. The number of hydrogen-bond donors (Lipinski definition) is 1. The lowest BCUT2D eigenvalue weighted by atomic mass is 10.0. The van der Waals surface area contributed by atoms with Crippen LogP contribution < -0.4 is 11.3 Å². The summed E-state index contributed by atoms with van der Waals surface area (Å²) in [6.45, 7) is 0.575. The summed E-state index contributed by atoms with van der Waals surface area (Å²) >= 11 is 1.37. The second kappa shape index (κ2) is 7.51.